The van der Waals surface area contributed by atoms with Crippen molar-refractivity contribution in [1.29, 1.82) is 0 Å². The zero-order valence-electron chi connectivity index (χ0n) is 10.9. The lowest BCUT2D eigenvalue weighted by molar-refractivity contribution is -0.120. The molecular formula is C16H15Br2NO. The van der Waals surface area contributed by atoms with Crippen LogP contribution in [-0.2, 0) is 23.1 Å². The van der Waals surface area contributed by atoms with Gasteiger partial charge in [0.25, 0.3) is 0 Å². The first-order valence-electron chi connectivity index (χ1n) is 6.32. The van der Waals surface area contributed by atoms with Crippen molar-refractivity contribution < 1.29 is 4.79 Å². The molecule has 0 spiro atoms. The van der Waals surface area contributed by atoms with Gasteiger partial charge in [-0.15, -0.1) is 0 Å². The minimum atomic E-state index is 0.0349. The molecule has 104 valence electrons. The Bertz CT molecular complexity index is 581. The summed E-state index contributed by atoms with van der Waals surface area (Å²) in [5, 5.41) is 3.79. The first kappa shape index (κ1) is 15.3. The molecule has 2 rings (SSSR count). The van der Waals surface area contributed by atoms with Gasteiger partial charge in [0.2, 0.25) is 5.91 Å². The average Bonchev–Trinajstić information content (AvgIpc) is 2.46. The molecule has 0 aromatic heterocycles. The van der Waals surface area contributed by atoms with Crippen molar-refractivity contribution in [3.05, 3.63) is 69.7 Å². The molecule has 1 amide bonds. The highest BCUT2D eigenvalue weighted by Gasteiger charge is 2.03. The van der Waals surface area contributed by atoms with E-state index in [1.165, 1.54) is 5.56 Å². The van der Waals surface area contributed by atoms with Crippen LogP contribution in [0.3, 0.4) is 0 Å². The van der Waals surface area contributed by atoms with E-state index in [2.05, 4.69) is 49.3 Å². The molecule has 20 heavy (non-hydrogen) atoms. The molecule has 0 aliphatic carbocycles. The summed E-state index contributed by atoms with van der Waals surface area (Å²) in [6.07, 6.45) is 0.402. The molecule has 0 saturated heterocycles. The minimum Gasteiger partial charge on any atom is -0.352 e. The third-order valence-corrected chi connectivity index (χ3v) is 4.06. The molecular weight excluding hydrogens is 382 g/mol. The number of benzene rings is 2. The third kappa shape index (κ3) is 4.76. The van der Waals surface area contributed by atoms with Crippen molar-refractivity contribution in [3.63, 3.8) is 0 Å². The molecule has 2 nitrogen and oxygen atoms in total. The van der Waals surface area contributed by atoms with Crippen LogP contribution in [0.5, 0.6) is 0 Å². The van der Waals surface area contributed by atoms with Crippen LogP contribution in [-0.4, -0.2) is 5.91 Å². The van der Waals surface area contributed by atoms with E-state index in [1.54, 1.807) is 0 Å². The standard InChI is InChI=1S/C16H15Br2NO/c17-10-12-4-6-13(7-5-12)11-19-16(20)9-14-2-1-3-15(18)8-14/h1-8H,9-11H2,(H,19,20). The second kappa shape index (κ2) is 7.60. The Morgan fingerprint density at radius 2 is 1.70 bits per heavy atom. The summed E-state index contributed by atoms with van der Waals surface area (Å²) >= 11 is 6.82. The number of carbonyl (C=O) groups is 1. The van der Waals surface area contributed by atoms with Crippen LogP contribution in [0.4, 0.5) is 0 Å². The Kier molecular flexibility index (Phi) is 5.80. The van der Waals surface area contributed by atoms with Gasteiger partial charge in [-0.05, 0) is 28.8 Å². The first-order valence-corrected chi connectivity index (χ1v) is 8.24. The van der Waals surface area contributed by atoms with E-state index in [1.807, 2.05) is 36.4 Å². The van der Waals surface area contributed by atoms with E-state index in [0.29, 0.717) is 13.0 Å². The van der Waals surface area contributed by atoms with E-state index < -0.39 is 0 Å². The fraction of sp³-hybridized carbons (Fsp3) is 0.188. The Balaban J connectivity index is 1.85. The number of rotatable bonds is 5. The normalized spacial score (nSPS) is 10.3. The molecule has 0 saturated carbocycles. The predicted molar refractivity (Wildman–Crippen MR) is 88.8 cm³/mol. The molecule has 2 aromatic carbocycles. The van der Waals surface area contributed by atoms with Crippen LogP contribution >= 0.6 is 31.9 Å². The first-order chi connectivity index (χ1) is 9.67. The number of halogens is 2. The van der Waals surface area contributed by atoms with Crippen LogP contribution in [0, 0.1) is 0 Å². The molecule has 1 N–H and O–H groups in total. The molecule has 0 fully saturated rings. The lowest BCUT2D eigenvalue weighted by Crippen LogP contribution is -2.24. The Hall–Kier alpha value is -1.13. The van der Waals surface area contributed by atoms with E-state index in [-0.39, 0.29) is 5.91 Å². The van der Waals surface area contributed by atoms with Crippen LogP contribution in [0.25, 0.3) is 0 Å². The van der Waals surface area contributed by atoms with Gasteiger partial charge in [-0.2, -0.15) is 0 Å². The molecule has 0 radical (unpaired) electrons. The van der Waals surface area contributed by atoms with E-state index in [0.717, 1.165) is 20.9 Å². The maximum absolute atomic E-state index is 11.9. The molecule has 0 aliphatic heterocycles. The zero-order chi connectivity index (χ0) is 14.4. The number of carbonyl (C=O) groups excluding carboxylic acids is 1. The summed E-state index contributed by atoms with van der Waals surface area (Å²) < 4.78 is 0.994. The summed E-state index contributed by atoms with van der Waals surface area (Å²) in [5.41, 5.74) is 3.35. The number of hydrogen-bond donors (Lipinski definition) is 1. The quantitative estimate of drug-likeness (QED) is 0.753. The van der Waals surface area contributed by atoms with Gasteiger partial charge >= 0.3 is 0 Å². The maximum atomic E-state index is 11.9. The summed E-state index contributed by atoms with van der Waals surface area (Å²) in [5.74, 6) is 0.0349. The van der Waals surface area contributed by atoms with Crippen molar-refractivity contribution >= 4 is 37.8 Å². The smallest absolute Gasteiger partial charge is 0.224 e. The van der Waals surface area contributed by atoms with Crippen molar-refractivity contribution in [3.8, 4) is 0 Å². The van der Waals surface area contributed by atoms with Gasteiger partial charge in [0.1, 0.15) is 0 Å². The van der Waals surface area contributed by atoms with Gasteiger partial charge in [0.05, 0.1) is 6.42 Å². The summed E-state index contributed by atoms with van der Waals surface area (Å²) in [6, 6.07) is 16.0. The van der Waals surface area contributed by atoms with Crippen molar-refractivity contribution in [2.24, 2.45) is 0 Å². The Labute approximate surface area is 135 Å². The lowest BCUT2D eigenvalue weighted by atomic mass is 10.1. The van der Waals surface area contributed by atoms with Gasteiger partial charge < -0.3 is 5.32 Å². The highest BCUT2D eigenvalue weighted by molar-refractivity contribution is 9.10. The fourth-order valence-electron chi connectivity index (χ4n) is 1.84. The Morgan fingerprint density at radius 3 is 2.35 bits per heavy atom. The molecule has 0 aliphatic rings. The number of nitrogens with one attached hydrogen (secondary N) is 1. The van der Waals surface area contributed by atoms with Gasteiger partial charge in [-0.25, -0.2) is 0 Å². The summed E-state index contributed by atoms with van der Waals surface area (Å²) in [7, 11) is 0. The topological polar surface area (TPSA) is 29.1 Å². The second-order valence-corrected chi connectivity index (χ2v) is 6.01. The average molecular weight is 397 g/mol. The van der Waals surface area contributed by atoms with Gasteiger partial charge in [0.15, 0.2) is 0 Å². The molecule has 2 aromatic rings. The monoisotopic (exact) mass is 395 g/mol. The van der Waals surface area contributed by atoms with Crippen molar-refractivity contribution in [2.75, 3.05) is 0 Å². The van der Waals surface area contributed by atoms with Crippen molar-refractivity contribution in [1.82, 2.24) is 5.32 Å². The van der Waals surface area contributed by atoms with Gasteiger partial charge in [-0.3, -0.25) is 4.79 Å². The van der Waals surface area contributed by atoms with E-state index >= 15 is 0 Å². The molecule has 0 atom stereocenters. The summed E-state index contributed by atoms with van der Waals surface area (Å²) in [6.45, 7) is 0.565. The van der Waals surface area contributed by atoms with Gasteiger partial charge in [-0.1, -0.05) is 68.3 Å². The number of hydrogen-bond acceptors (Lipinski definition) is 1. The molecule has 4 heteroatoms. The molecule has 0 heterocycles. The molecule has 0 unspecified atom stereocenters. The zero-order valence-corrected chi connectivity index (χ0v) is 14.1. The van der Waals surface area contributed by atoms with E-state index in [9.17, 15) is 4.79 Å². The number of amides is 1. The molecule has 0 bridgehead atoms. The van der Waals surface area contributed by atoms with Gasteiger partial charge in [0, 0.05) is 16.3 Å². The third-order valence-electron chi connectivity index (χ3n) is 2.92. The van der Waals surface area contributed by atoms with Crippen LogP contribution in [0.1, 0.15) is 16.7 Å². The SMILES string of the molecule is O=C(Cc1cccc(Br)c1)NCc1ccc(CBr)cc1. The highest BCUT2D eigenvalue weighted by atomic mass is 79.9. The van der Waals surface area contributed by atoms with Crippen LogP contribution in [0.15, 0.2) is 53.0 Å². The lowest BCUT2D eigenvalue weighted by Gasteiger charge is -2.06. The predicted octanol–water partition coefficient (Wildman–Crippen LogP) is 4.20. The second-order valence-electron chi connectivity index (χ2n) is 4.53. The van der Waals surface area contributed by atoms with Crippen molar-refractivity contribution in [2.45, 2.75) is 18.3 Å². The fourth-order valence-corrected chi connectivity index (χ4v) is 2.66. The number of alkyl halides is 1. The van der Waals surface area contributed by atoms with Crippen LogP contribution < -0.4 is 5.32 Å². The van der Waals surface area contributed by atoms with E-state index in [4.69, 9.17) is 0 Å². The largest absolute Gasteiger partial charge is 0.352 e. The Morgan fingerprint density at radius 1 is 1.00 bits per heavy atom. The van der Waals surface area contributed by atoms with Crippen LogP contribution in [0.2, 0.25) is 0 Å². The summed E-state index contributed by atoms with van der Waals surface area (Å²) in [4.78, 5) is 11.9. The highest BCUT2D eigenvalue weighted by Crippen LogP contribution is 2.12. The minimum absolute atomic E-state index is 0.0349. The maximum Gasteiger partial charge on any atom is 0.224 e.